The van der Waals surface area contributed by atoms with E-state index in [0.717, 1.165) is 43.0 Å². The van der Waals surface area contributed by atoms with Crippen LogP contribution in [0.2, 0.25) is 0 Å². The molecule has 0 fully saturated rings. The minimum atomic E-state index is -0.852. The van der Waals surface area contributed by atoms with E-state index >= 15 is 0 Å². The molecule has 6 nitrogen and oxygen atoms in total. The van der Waals surface area contributed by atoms with Crippen LogP contribution < -0.4 is 5.56 Å². The third kappa shape index (κ3) is 3.32. The maximum Gasteiger partial charge on any atom is 0.375 e. The summed E-state index contributed by atoms with van der Waals surface area (Å²) in [6.07, 6.45) is 4.17. The van der Waals surface area contributed by atoms with E-state index in [-0.39, 0.29) is 17.9 Å². The van der Waals surface area contributed by atoms with Crippen LogP contribution in [0.3, 0.4) is 0 Å². The van der Waals surface area contributed by atoms with Crippen molar-refractivity contribution in [3.05, 3.63) is 20.8 Å². The van der Waals surface area contributed by atoms with Crippen LogP contribution in [0.1, 0.15) is 30.2 Å². The number of hydrogen-bond donors (Lipinski definition) is 1. The molecule has 0 spiro atoms. The third-order valence-corrected chi connectivity index (χ3v) is 5.71. The summed E-state index contributed by atoms with van der Waals surface area (Å²) in [6.45, 7) is 1.81. The Morgan fingerprint density at radius 3 is 2.91 bits per heavy atom. The highest BCUT2D eigenvalue weighted by Gasteiger charge is 2.21. The van der Waals surface area contributed by atoms with Crippen molar-refractivity contribution >= 4 is 45.1 Å². The summed E-state index contributed by atoms with van der Waals surface area (Å²) in [5, 5.41) is 1.05. The summed E-state index contributed by atoms with van der Waals surface area (Å²) < 4.78 is 4.65. The van der Waals surface area contributed by atoms with Crippen LogP contribution in [0.15, 0.2) is 9.95 Å². The summed E-state index contributed by atoms with van der Waals surface area (Å²) in [5.41, 5.74) is 0.963. The molecule has 1 N–H and O–H groups in total. The van der Waals surface area contributed by atoms with Crippen molar-refractivity contribution < 1.29 is 14.3 Å². The van der Waals surface area contributed by atoms with E-state index in [2.05, 4.69) is 14.7 Å². The fraction of sp³-hybridized carbons (Fsp3) is 0.467. The topological polar surface area (TPSA) is 89.1 Å². The second-order valence-electron chi connectivity index (χ2n) is 5.19. The average Bonchev–Trinajstić information content (AvgIpc) is 2.91. The molecule has 0 atom stereocenters. The number of thioether (sulfide) groups is 1. The summed E-state index contributed by atoms with van der Waals surface area (Å²) >= 11 is 2.60. The van der Waals surface area contributed by atoms with Crippen LogP contribution in [0.25, 0.3) is 10.2 Å². The van der Waals surface area contributed by atoms with E-state index in [1.165, 1.54) is 4.88 Å². The quantitative estimate of drug-likeness (QED) is 0.384. The van der Waals surface area contributed by atoms with E-state index in [1.54, 1.807) is 18.3 Å². The Morgan fingerprint density at radius 2 is 2.13 bits per heavy atom. The van der Waals surface area contributed by atoms with Crippen LogP contribution >= 0.6 is 23.1 Å². The average molecular weight is 352 g/mol. The standard InChI is InChI=1S/C15H16N2O4S2/c1-2-21-14(20)9(18)7-22-15-16-12(19)11-8-5-3-4-6-10(8)23-13(11)17-15/h2-7H2,1H3,(H,16,17,19). The molecule has 3 rings (SSSR count). The monoisotopic (exact) mass is 352 g/mol. The maximum absolute atomic E-state index is 12.3. The number of esters is 1. The van der Waals surface area contributed by atoms with Crippen LogP contribution in [-0.4, -0.2) is 34.1 Å². The van der Waals surface area contributed by atoms with Gasteiger partial charge >= 0.3 is 5.97 Å². The largest absolute Gasteiger partial charge is 0.460 e. The van der Waals surface area contributed by atoms with Crippen LogP contribution in [-0.2, 0) is 27.2 Å². The Hall–Kier alpha value is -1.67. The number of H-pyrrole nitrogens is 1. The number of aromatic amines is 1. The molecule has 1 aliphatic rings. The van der Waals surface area contributed by atoms with Crippen molar-refractivity contribution in [2.75, 3.05) is 12.4 Å². The second kappa shape index (κ2) is 6.84. The molecule has 0 unspecified atom stereocenters. The number of nitrogens with zero attached hydrogens (tertiary/aromatic N) is 1. The second-order valence-corrected chi connectivity index (χ2v) is 7.24. The van der Waals surface area contributed by atoms with Crippen molar-refractivity contribution in [2.45, 2.75) is 37.8 Å². The number of Topliss-reactive ketones (excluding diaryl/α,β-unsaturated/α-hetero) is 1. The molecule has 0 aromatic carbocycles. The number of ether oxygens (including phenoxy) is 1. The number of carbonyl (C=O) groups is 2. The highest BCUT2D eigenvalue weighted by molar-refractivity contribution is 7.99. The molecule has 0 saturated heterocycles. The Bertz CT molecular complexity index is 825. The van der Waals surface area contributed by atoms with E-state index in [4.69, 9.17) is 0 Å². The fourth-order valence-electron chi connectivity index (χ4n) is 2.62. The summed E-state index contributed by atoms with van der Waals surface area (Å²) in [4.78, 5) is 44.3. The van der Waals surface area contributed by atoms with Crippen LogP contribution in [0.4, 0.5) is 0 Å². The molecule has 2 aromatic heterocycles. The number of carbonyl (C=O) groups excluding carboxylic acids is 2. The van der Waals surface area contributed by atoms with Crippen molar-refractivity contribution in [3.8, 4) is 0 Å². The maximum atomic E-state index is 12.3. The van der Waals surface area contributed by atoms with Gasteiger partial charge in [-0.2, -0.15) is 0 Å². The van der Waals surface area contributed by atoms with Gasteiger partial charge in [-0.3, -0.25) is 9.59 Å². The number of aryl methyl sites for hydroxylation is 2. The highest BCUT2D eigenvalue weighted by Crippen LogP contribution is 2.34. The predicted octanol–water partition coefficient (Wildman–Crippen LogP) is 2.09. The summed E-state index contributed by atoms with van der Waals surface area (Å²) in [7, 11) is 0. The van der Waals surface area contributed by atoms with Crippen molar-refractivity contribution in [3.63, 3.8) is 0 Å². The first-order chi connectivity index (χ1) is 11.1. The van der Waals surface area contributed by atoms with Gasteiger partial charge in [0.2, 0.25) is 5.78 Å². The summed E-state index contributed by atoms with van der Waals surface area (Å²) in [5.74, 6) is -1.58. The Balaban J connectivity index is 1.82. The number of rotatable bonds is 5. The lowest BCUT2D eigenvalue weighted by atomic mass is 9.97. The van der Waals surface area contributed by atoms with E-state index in [9.17, 15) is 14.4 Å². The van der Waals surface area contributed by atoms with Gasteiger partial charge in [0.05, 0.1) is 17.7 Å². The summed E-state index contributed by atoms with van der Waals surface area (Å²) in [6, 6.07) is 0. The molecule has 2 aromatic rings. The predicted molar refractivity (Wildman–Crippen MR) is 89.2 cm³/mol. The number of thiophene rings is 1. The molecule has 0 saturated carbocycles. The lowest BCUT2D eigenvalue weighted by molar-refractivity contribution is -0.152. The minimum Gasteiger partial charge on any atom is -0.460 e. The Labute approximate surface area is 140 Å². The number of ketones is 1. The fourth-order valence-corrected chi connectivity index (χ4v) is 4.64. The minimum absolute atomic E-state index is 0.0988. The van der Waals surface area contributed by atoms with Gasteiger partial charge in [-0.1, -0.05) is 11.8 Å². The van der Waals surface area contributed by atoms with Crippen molar-refractivity contribution in [1.29, 1.82) is 0 Å². The lowest BCUT2D eigenvalue weighted by Crippen LogP contribution is -2.19. The van der Waals surface area contributed by atoms with E-state index < -0.39 is 11.8 Å². The molecule has 8 heteroatoms. The van der Waals surface area contributed by atoms with Gasteiger partial charge in [-0.25, -0.2) is 9.78 Å². The van der Waals surface area contributed by atoms with Crippen molar-refractivity contribution in [2.24, 2.45) is 0 Å². The molecule has 0 aliphatic heterocycles. The SMILES string of the molecule is CCOC(=O)C(=O)CSc1nc2sc3c(c2c(=O)[nH]1)CCCC3. The van der Waals surface area contributed by atoms with Gasteiger partial charge in [-0.05, 0) is 38.2 Å². The molecule has 0 amide bonds. The molecule has 1 aliphatic carbocycles. The molecule has 23 heavy (non-hydrogen) atoms. The number of aromatic nitrogens is 2. The van der Waals surface area contributed by atoms with Gasteiger partial charge in [0.1, 0.15) is 4.83 Å². The van der Waals surface area contributed by atoms with Gasteiger partial charge in [0.15, 0.2) is 5.16 Å². The van der Waals surface area contributed by atoms with Crippen LogP contribution in [0.5, 0.6) is 0 Å². The first-order valence-electron chi connectivity index (χ1n) is 7.47. The first kappa shape index (κ1) is 16.2. The number of hydrogen-bond acceptors (Lipinski definition) is 7. The molecular formula is C15H16N2O4S2. The Morgan fingerprint density at radius 1 is 1.35 bits per heavy atom. The van der Waals surface area contributed by atoms with Gasteiger partial charge in [-0.15, -0.1) is 11.3 Å². The normalized spacial score (nSPS) is 13.8. The van der Waals surface area contributed by atoms with Crippen LogP contribution in [0, 0.1) is 0 Å². The molecule has 0 radical (unpaired) electrons. The zero-order valence-electron chi connectivity index (χ0n) is 12.6. The first-order valence-corrected chi connectivity index (χ1v) is 9.27. The van der Waals surface area contributed by atoms with Gasteiger partial charge in [0.25, 0.3) is 5.56 Å². The smallest absolute Gasteiger partial charge is 0.375 e. The number of fused-ring (bicyclic) bond motifs is 3. The molecule has 122 valence electrons. The third-order valence-electron chi connectivity index (χ3n) is 3.65. The van der Waals surface area contributed by atoms with Crippen molar-refractivity contribution in [1.82, 2.24) is 9.97 Å². The Kier molecular flexibility index (Phi) is 4.82. The van der Waals surface area contributed by atoms with Gasteiger partial charge < -0.3 is 9.72 Å². The molecular weight excluding hydrogens is 336 g/mol. The zero-order chi connectivity index (χ0) is 16.4. The number of nitrogens with one attached hydrogen (secondary N) is 1. The highest BCUT2D eigenvalue weighted by atomic mass is 32.2. The van der Waals surface area contributed by atoms with E-state index in [1.807, 2.05) is 0 Å². The van der Waals surface area contributed by atoms with E-state index in [0.29, 0.717) is 15.4 Å². The zero-order valence-corrected chi connectivity index (χ0v) is 14.3. The lowest BCUT2D eigenvalue weighted by Gasteiger charge is -2.09. The van der Waals surface area contributed by atoms with Gasteiger partial charge in [0, 0.05) is 4.88 Å². The molecule has 0 bridgehead atoms. The molecule has 2 heterocycles.